The molecule has 0 spiro atoms. The van der Waals surface area contributed by atoms with Crippen molar-refractivity contribution in [2.24, 2.45) is 0 Å². The van der Waals surface area contributed by atoms with Gasteiger partial charge in [0.2, 0.25) is 0 Å². The molecule has 4 radical (unpaired) electrons. The SMILES string of the molecule is CC1(C)c2c[c-]c3ccccc3c2-c2c1c[c-]c1ccccc21.Cc1cc2c(c3ccccc13)-c1c(c[c-]c3ccccc13)C2(C)C.[Y].[Y].[Y].[Y]. The van der Waals surface area contributed by atoms with Gasteiger partial charge in [0, 0.05) is 131 Å². The third-order valence-corrected chi connectivity index (χ3v) is 11.0. The van der Waals surface area contributed by atoms with Crippen LogP contribution in [0.4, 0.5) is 0 Å². The van der Waals surface area contributed by atoms with Crippen LogP contribution in [0, 0.1) is 25.1 Å². The summed E-state index contributed by atoms with van der Waals surface area (Å²) in [6, 6.07) is 54.1. The molecule has 8 aromatic carbocycles. The second-order valence-corrected chi connectivity index (χ2v) is 14.3. The second-order valence-electron chi connectivity index (χ2n) is 14.3. The molecular formula is C47H35Y4-3. The molecule has 0 bridgehead atoms. The van der Waals surface area contributed by atoms with Crippen LogP contribution in [0.3, 0.4) is 0 Å². The van der Waals surface area contributed by atoms with Crippen molar-refractivity contribution in [2.75, 3.05) is 0 Å². The van der Waals surface area contributed by atoms with E-state index in [0.29, 0.717) is 0 Å². The molecule has 0 saturated carbocycles. The van der Waals surface area contributed by atoms with Crippen LogP contribution < -0.4 is 0 Å². The summed E-state index contributed by atoms with van der Waals surface area (Å²) in [6.07, 6.45) is 0. The fourth-order valence-corrected chi connectivity index (χ4v) is 8.48. The van der Waals surface area contributed by atoms with E-state index in [2.05, 4.69) is 174 Å². The molecule has 0 aromatic heterocycles. The first-order valence-corrected chi connectivity index (χ1v) is 16.6. The van der Waals surface area contributed by atoms with Gasteiger partial charge in [-0.05, 0) is 39.8 Å². The Kier molecular flexibility index (Phi) is 12.8. The largest absolute Gasteiger partial charge is 0.143 e. The molecule has 2 aliphatic rings. The van der Waals surface area contributed by atoms with Gasteiger partial charge in [-0.15, -0.1) is 133 Å². The van der Waals surface area contributed by atoms with Crippen LogP contribution in [0.5, 0.6) is 0 Å². The zero-order valence-electron chi connectivity index (χ0n) is 29.9. The third kappa shape index (κ3) is 6.47. The van der Waals surface area contributed by atoms with Crippen LogP contribution in [-0.4, -0.2) is 0 Å². The van der Waals surface area contributed by atoms with E-state index in [1.165, 1.54) is 93.2 Å². The van der Waals surface area contributed by atoms with E-state index >= 15 is 0 Å². The molecule has 0 saturated heterocycles. The van der Waals surface area contributed by atoms with Crippen molar-refractivity contribution in [1.29, 1.82) is 0 Å². The molecule has 0 atom stereocenters. The predicted molar refractivity (Wildman–Crippen MR) is 199 cm³/mol. The van der Waals surface area contributed by atoms with Crippen LogP contribution in [0.25, 0.3) is 65.3 Å². The fourth-order valence-electron chi connectivity index (χ4n) is 8.48. The summed E-state index contributed by atoms with van der Waals surface area (Å²) in [5.41, 5.74) is 12.5. The molecule has 10 rings (SSSR count). The maximum atomic E-state index is 3.50. The van der Waals surface area contributed by atoms with E-state index in [9.17, 15) is 0 Å². The molecule has 51 heavy (non-hydrogen) atoms. The van der Waals surface area contributed by atoms with Gasteiger partial charge in [0.05, 0.1) is 0 Å². The maximum absolute atomic E-state index is 3.50. The Morgan fingerprint density at radius 3 is 1.06 bits per heavy atom. The third-order valence-electron chi connectivity index (χ3n) is 11.0. The molecule has 0 nitrogen and oxygen atoms in total. The molecule has 0 fully saturated rings. The Bertz CT molecular complexity index is 2510. The smallest absolute Gasteiger partial charge is 0 e. The molecule has 2 aliphatic carbocycles. The van der Waals surface area contributed by atoms with E-state index in [4.69, 9.17) is 0 Å². The van der Waals surface area contributed by atoms with Gasteiger partial charge in [0.15, 0.2) is 0 Å². The minimum absolute atomic E-state index is 0. The summed E-state index contributed by atoms with van der Waals surface area (Å²) >= 11 is 0. The Morgan fingerprint density at radius 1 is 0.373 bits per heavy atom. The Labute approximate surface area is 402 Å². The van der Waals surface area contributed by atoms with Crippen molar-refractivity contribution >= 4 is 43.1 Å². The van der Waals surface area contributed by atoms with Crippen molar-refractivity contribution in [2.45, 2.75) is 45.4 Å². The Morgan fingerprint density at radius 2 is 0.667 bits per heavy atom. The van der Waals surface area contributed by atoms with E-state index in [1.54, 1.807) is 0 Å². The Balaban J connectivity index is 0.000000183. The first-order chi connectivity index (χ1) is 22.8. The molecule has 0 heterocycles. The molecular weight excluding hydrogens is 920 g/mol. The van der Waals surface area contributed by atoms with Gasteiger partial charge < -0.3 is 0 Å². The first-order valence-electron chi connectivity index (χ1n) is 16.6. The standard InChI is InChI=1S/C24H19.C23H16.4Y/c1-15-14-21-23(19-11-7-6-9-17(15)19)22-18-10-5-4-8-16(18)12-13-20(22)24(21,2)3;1-23(2)19-13-11-15-7-3-5-9-17(15)21(19)22-18-10-6-4-8-16(18)12-14-20(22)23;;;;/h4-11,13-14H,1-3H3;3-10,13-14H,1-2H3;;;;/q-1;-2;;;;. The summed E-state index contributed by atoms with van der Waals surface area (Å²) in [4.78, 5) is 0. The van der Waals surface area contributed by atoms with Crippen LogP contribution in [0.2, 0.25) is 0 Å². The molecule has 0 aliphatic heterocycles. The van der Waals surface area contributed by atoms with Gasteiger partial charge in [-0.2, -0.15) is 0 Å². The molecule has 0 N–H and O–H groups in total. The fraction of sp³-hybridized carbons (Fsp3) is 0.149. The molecule has 0 unspecified atom stereocenters. The first kappa shape index (κ1) is 41.4. The van der Waals surface area contributed by atoms with Crippen LogP contribution in [0.1, 0.15) is 55.5 Å². The number of rotatable bonds is 0. The summed E-state index contributed by atoms with van der Waals surface area (Å²) < 4.78 is 0. The van der Waals surface area contributed by atoms with E-state index in [0.717, 1.165) is 0 Å². The van der Waals surface area contributed by atoms with Crippen molar-refractivity contribution in [3.05, 3.63) is 167 Å². The summed E-state index contributed by atoms with van der Waals surface area (Å²) in [6.45, 7) is 11.5. The zero-order valence-corrected chi connectivity index (χ0v) is 41.2. The van der Waals surface area contributed by atoms with Gasteiger partial charge >= 0.3 is 0 Å². The summed E-state index contributed by atoms with van der Waals surface area (Å²) in [7, 11) is 0. The van der Waals surface area contributed by atoms with Crippen LogP contribution in [-0.2, 0) is 142 Å². The predicted octanol–water partition coefficient (Wildman–Crippen LogP) is 12.3. The van der Waals surface area contributed by atoms with Gasteiger partial charge in [-0.3, -0.25) is 0 Å². The average molecular weight is 955 g/mol. The molecule has 0 amide bonds. The number of hydrogen-bond donors (Lipinski definition) is 0. The Hall–Kier alpha value is -0.784. The second kappa shape index (κ2) is 15.8. The monoisotopic (exact) mass is 955 g/mol. The van der Waals surface area contributed by atoms with Gasteiger partial charge in [0.25, 0.3) is 0 Å². The van der Waals surface area contributed by atoms with E-state index in [1.807, 2.05) is 0 Å². The number of benzene rings is 8. The zero-order chi connectivity index (χ0) is 32.1. The van der Waals surface area contributed by atoms with Crippen LogP contribution in [0.15, 0.2) is 121 Å². The van der Waals surface area contributed by atoms with Crippen molar-refractivity contribution in [3.63, 3.8) is 0 Å². The van der Waals surface area contributed by atoms with Crippen molar-refractivity contribution < 1.29 is 131 Å². The maximum Gasteiger partial charge on any atom is 0 e. The van der Waals surface area contributed by atoms with Gasteiger partial charge in [-0.25, -0.2) is 0 Å². The molecule has 238 valence electrons. The molecule has 8 aromatic rings. The topological polar surface area (TPSA) is 0 Å². The van der Waals surface area contributed by atoms with Gasteiger partial charge in [-0.1, -0.05) is 105 Å². The van der Waals surface area contributed by atoms with E-state index in [-0.39, 0.29) is 142 Å². The average Bonchev–Trinajstić information content (AvgIpc) is 3.48. The van der Waals surface area contributed by atoms with Crippen molar-refractivity contribution in [3.8, 4) is 22.3 Å². The van der Waals surface area contributed by atoms with Crippen molar-refractivity contribution in [1.82, 2.24) is 0 Å². The summed E-state index contributed by atoms with van der Waals surface area (Å²) in [5.74, 6) is 0. The molecule has 4 heteroatoms. The number of hydrogen-bond acceptors (Lipinski definition) is 0. The van der Waals surface area contributed by atoms with Gasteiger partial charge in [0.1, 0.15) is 0 Å². The minimum Gasteiger partial charge on any atom is -0.143 e. The van der Waals surface area contributed by atoms with Crippen LogP contribution >= 0.6 is 0 Å². The number of aryl methyl sites for hydroxylation is 1. The van der Waals surface area contributed by atoms with E-state index < -0.39 is 0 Å². The normalized spacial score (nSPS) is 13.7. The quantitative estimate of drug-likeness (QED) is 0.133. The minimum atomic E-state index is -0.00820. The summed E-state index contributed by atoms with van der Waals surface area (Å²) in [5, 5.41) is 10.2. The number of fused-ring (bicyclic) bond motifs is 14.